The average Bonchev–Trinajstić information content (AvgIpc) is 3.28. The van der Waals surface area contributed by atoms with Gasteiger partial charge >= 0.3 is 0 Å². The number of fused-ring (bicyclic) bond motifs is 1. The van der Waals surface area contributed by atoms with E-state index >= 15 is 0 Å². The Hall–Kier alpha value is -3.54. The second-order valence-corrected chi connectivity index (χ2v) is 7.73. The highest BCUT2D eigenvalue weighted by atomic mass is 16.3. The van der Waals surface area contributed by atoms with Crippen molar-refractivity contribution in [3.8, 4) is 0 Å². The van der Waals surface area contributed by atoms with Crippen molar-refractivity contribution in [1.29, 1.82) is 0 Å². The number of rotatable bonds is 5. The van der Waals surface area contributed by atoms with Crippen LogP contribution in [-0.4, -0.2) is 47.3 Å². The smallest absolute Gasteiger partial charge is 0.295 e. The molecule has 1 saturated heterocycles. The molecule has 3 aromatic rings. The average molecular weight is 403 g/mol. The molecular formula is C24H25N3O3. The molecule has 1 atom stereocenters. The van der Waals surface area contributed by atoms with E-state index in [4.69, 9.17) is 0 Å². The Morgan fingerprint density at radius 3 is 2.47 bits per heavy atom. The third-order valence-corrected chi connectivity index (χ3v) is 5.57. The van der Waals surface area contributed by atoms with Gasteiger partial charge in [0.2, 0.25) is 0 Å². The molecule has 1 aromatic heterocycles. The number of likely N-dealkylation sites (tertiary alicyclic amines) is 1. The minimum atomic E-state index is -0.645. The number of aromatic nitrogens is 1. The molecule has 1 amide bonds. The normalized spacial score (nSPS) is 18.4. The van der Waals surface area contributed by atoms with Crippen LogP contribution in [0.25, 0.3) is 16.7 Å². The number of aromatic amines is 1. The topological polar surface area (TPSA) is 76.6 Å². The van der Waals surface area contributed by atoms with E-state index in [0.29, 0.717) is 18.5 Å². The van der Waals surface area contributed by atoms with E-state index in [1.165, 1.54) is 0 Å². The molecule has 0 spiro atoms. The van der Waals surface area contributed by atoms with Gasteiger partial charge in [0.25, 0.3) is 11.7 Å². The van der Waals surface area contributed by atoms with Crippen LogP contribution < -0.4 is 4.90 Å². The standard InChI is InChI=1S/C24H25N3O3/c1-4-13-27-21(15-9-11-16(12-10-15)26(2)3)20(23(29)24(27)30)22(28)18-14-25-19-8-6-5-7-17(18)19/h5-12,14,21,25,28H,4,13H2,1-3H3/b22-20-. The Kier molecular flexibility index (Phi) is 5.08. The molecule has 2 aromatic carbocycles. The zero-order valence-electron chi connectivity index (χ0n) is 17.3. The lowest BCUT2D eigenvalue weighted by atomic mass is 9.95. The van der Waals surface area contributed by atoms with E-state index in [9.17, 15) is 14.7 Å². The summed E-state index contributed by atoms with van der Waals surface area (Å²) in [5, 5.41) is 12.0. The summed E-state index contributed by atoms with van der Waals surface area (Å²) in [6, 6.07) is 14.7. The fourth-order valence-electron chi connectivity index (χ4n) is 4.07. The van der Waals surface area contributed by atoms with Crippen molar-refractivity contribution < 1.29 is 14.7 Å². The maximum absolute atomic E-state index is 13.0. The summed E-state index contributed by atoms with van der Waals surface area (Å²) in [6.07, 6.45) is 2.39. The second kappa shape index (κ2) is 7.71. The second-order valence-electron chi connectivity index (χ2n) is 7.73. The maximum atomic E-state index is 13.0. The number of para-hydroxylation sites is 1. The van der Waals surface area contributed by atoms with Gasteiger partial charge in [0.05, 0.1) is 11.6 Å². The van der Waals surface area contributed by atoms with Gasteiger partial charge in [-0.25, -0.2) is 0 Å². The number of nitrogens with zero attached hydrogens (tertiary/aromatic N) is 2. The SMILES string of the molecule is CCCN1C(=O)C(=O)/C(=C(\O)c2c[nH]c3ccccc23)C1c1ccc(N(C)C)cc1. The Labute approximate surface area is 175 Å². The van der Waals surface area contributed by atoms with Crippen molar-refractivity contribution in [2.75, 3.05) is 25.5 Å². The number of carbonyl (C=O) groups is 2. The summed E-state index contributed by atoms with van der Waals surface area (Å²) in [5.41, 5.74) is 3.33. The first kappa shape index (κ1) is 19.8. The number of H-pyrrole nitrogens is 1. The molecule has 154 valence electrons. The minimum Gasteiger partial charge on any atom is -0.507 e. The lowest BCUT2D eigenvalue weighted by molar-refractivity contribution is -0.139. The van der Waals surface area contributed by atoms with Crippen LogP contribution in [0.3, 0.4) is 0 Å². The lowest BCUT2D eigenvalue weighted by Crippen LogP contribution is -2.30. The van der Waals surface area contributed by atoms with E-state index in [0.717, 1.165) is 22.2 Å². The molecule has 1 unspecified atom stereocenters. The monoisotopic (exact) mass is 403 g/mol. The van der Waals surface area contributed by atoms with Gasteiger partial charge < -0.3 is 19.9 Å². The highest BCUT2D eigenvalue weighted by Crippen LogP contribution is 2.40. The Morgan fingerprint density at radius 1 is 1.10 bits per heavy atom. The molecule has 0 aliphatic carbocycles. The quantitative estimate of drug-likeness (QED) is 0.383. The molecule has 1 aliphatic heterocycles. The fraction of sp³-hybridized carbons (Fsp3) is 0.250. The van der Waals surface area contributed by atoms with Crippen molar-refractivity contribution in [3.05, 3.63) is 71.4 Å². The van der Waals surface area contributed by atoms with Crippen molar-refractivity contribution in [2.45, 2.75) is 19.4 Å². The van der Waals surface area contributed by atoms with Gasteiger partial charge in [-0.1, -0.05) is 37.3 Å². The van der Waals surface area contributed by atoms with Crippen LogP contribution in [0.15, 0.2) is 60.3 Å². The van der Waals surface area contributed by atoms with Gasteiger partial charge in [0.15, 0.2) is 0 Å². The zero-order valence-corrected chi connectivity index (χ0v) is 17.3. The van der Waals surface area contributed by atoms with Crippen molar-refractivity contribution in [1.82, 2.24) is 9.88 Å². The van der Waals surface area contributed by atoms with Crippen LogP contribution in [0.4, 0.5) is 5.69 Å². The van der Waals surface area contributed by atoms with E-state index in [1.807, 2.05) is 74.4 Å². The molecule has 1 aliphatic rings. The molecule has 1 fully saturated rings. The maximum Gasteiger partial charge on any atom is 0.295 e. The van der Waals surface area contributed by atoms with Gasteiger partial charge in [-0.2, -0.15) is 0 Å². The fourth-order valence-corrected chi connectivity index (χ4v) is 4.07. The third kappa shape index (κ3) is 3.14. The number of hydrogen-bond acceptors (Lipinski definition) is 4. The summed E-state index contributed by atoms with van der Waals surface area (Å²) in [7, 11) is 3.91. The lowest BCUT2D eigenvalue weighted by Gasteiger charge is -2.25. The summed E-state index contributed by atoms with van der Waals surface area (Å²) in [4.78, 5) is 32.5. The molecular weight excluding hydrogens is 378 g/mol. The van der Waals surface area contributed by atoms with Gasteiger partial charge in [0, 0.05) is 49.0 Å². The molecule has 2 heterocycles. The van der Waals surface area contributed by atoms with Crippen LogP contribution in [0.1, 0.15) is 30.5 Å². The van der Waals surface area contributed by atoms with E-state index in [2.05, 4.69) is 4.98 Å². The summed E-state index contributed by atoms with van der Waals surface area (Å²) in [6.45, 7) is 2.40. The number of Topliss-reactive ketones (excluding diaryl/α,β-unsaturated/α-hetero) is 1. The van der Waals surface area contributed by atoms with E-state index in [-0.39, 0.29) is 11.3 Å². The summed E-state index contributed by atoms with van der Waals surface area (Å²) in [5.74, 6) is -1.36. The molecule has 30 heavy (non-hydrogen) atoms. The minimum absolute atomic E-state index is 0.135. The van der Waals surface area contributed by atoms with Gasteiger partial charge in [-0.3, -0.25) is 9.59 Å². The zero-order chi connectivity index (χ0) is 21.4. The van der Waals surface area contributed by atoms with E-state index in [1.54, 1.807) is 11.1 Å². The Balaban J connectivity index is 1.89. The highest BCUT2D eigenvalue weighted by molar-refractivity contribution is 6.46. The molecule has 6 heteroatoms. The van der Waals surface area contributed by atoms with Crippen molar-refractivity contribution in [2.24, 2.45) is 0 Å². The number of hydrogen-bond donors (Lipinski definition) is 2. The first-order valence-electron chi connectivity index (χ1n) is 10.1. The van der Waals surface area contributed by atoms with Crippen molar-refractivity contribution >= 4 is 34.0 Å². The largest absolute Gasteiger partial charge is 0.507 e. The highest BCUT2D eigenvalue weighted by Gasteiger charge is 2.45. The number of ketones is 1. The molecule has 0 bridgehead atoms. The Morgan fingerprint density at radius 2 is 1.80 bits per heavy atom. The summed E-state index contributed by atoms with van der Waals surface area (Å²) >= 11 is 0. The van der Waals surface area contributed by atoms with Crippen molar-refractivity contribution in [3.63, 3.8) is 0 Å². The van der Waals surface area contributed by atoms with Crippen LogP contribution >= 0.6 is 0 Å². The summed E-state index contributed by atoms with van der Waals surface area (Å²) < 4.78 is 0. The van der Waals surface area contributed by atoms with Crippen LogP contribution in [0, 0.1) is 0 Å². The molecule has 4 rings (SSSR count). The number of carbonyl (C=O) groups excluding carboxylic acids is 2. The predicted octanol–water partition coefficient (Wildman–Crippen LogP) is 4.07. The molecule has 0 saturated carbocycles. The molecule has 6 nitrogen and oxygen atoms in total. The van der Waals surface area contributed by atoms with Gasteiger partial charge in [0.1, 0.15) is 5.76 Å². The number of nitrogens with one attached hydrogen (secondary N) is 1. The number of amides is 1. The number of aliphatic hydroxyl groups is 1. The van der Waals surface area contributed by atoms with E-state index < -0.39 is 17.7 Å². The number of aliphatic hydroxyl groups excluding tert-OH is 1. The Bertz CT molecular complexity index is 1140. The van der Waals surface area contributed by atoms with Crippen LogP contribution in [0.2, 0.25) is 0 Å². The molecule has 0 radical (unpaired) electrons. The van der Waals surface area contributed by atoms with Crippen LogP contribution in [0.5, 0.6) is 0 Å². The number of benzene rings is 2. The number of anilines is 1. The van der Waals surface area contributed by atoms with Gasteiger partial charge in [-0.15, -0.1) is 0 Å². The molecule has 2 N–H and O–H groups in total. The first-order chi connectivity index (χ1) is 14.4. The predicted molar refractivity (Wildman–Crippen MR) is 118 cm³/mol. The van der Waals surface area contributed by atoms with Gasteiger partial charge in [-0.05, 0) is 30.2 Å². The van der Waals surface area contributed by atoms with Crippen LogP contribution in [-0.2, 0) is 9.59 Å². The third-order valence-electron chi connectivity index (χ3n) is 5.57. The first-order valence-corrected chi connectivity index (χ1v) is 10.1.